The molecule has 4 heteroatoms. The second-order valence-electron chi connectivity index (χ2n) is 4.11. The summed E-state index contributed by atoms with van der Waals surface area (Å²) >= 11 is 3.35. The van der Waals surface area contributed by atoms with Gasteiger partial charge in [-0.1, -0.05) is 46.3 Å². The number of furan rings is 1. The molecule has 1 heterocycles. The summed E-state index contributed by atoms with van der Waals surface area (Å²) in [5.74, 6) is -0.593. The zero-order chi connectivity index (χ0) is 13.4. The topological polar surface area (TPSA) is 50.4 Å². The van der Waals surface area contributed by atoms with Gasteiger partial charge < -0.3 is 9.52 Å². The summed E-state index contributed by atoms with van der Waals surface area (Å²) in [6.07, 6.45) is 0. The molecule has 0 saturated heterocycles. The fourth-order valence-electron chi connectivity index (χ4n) is 2.06. The van der Waals surface area contributed by atoms with E-state index >= 15 is 0 Å². The van der Waals surface area contributed by atoms with Gasteiger partial charge in [-0.2, -0.15) is 0 Å². The highest BCUT2D eigenvalue weighted by Crippen LogP contribution is 2.33. The molecule has 0 amide bonds. The lowest BCUT2D eigenvalue weighted by atomic mass is 10.1. The van der Waals surface area contributed by atoms with Crippen molar-refractivity contribution in [3.05, 3.63) is 58.6 Å². The van der Waals surface area contributed by atoms with E-state index in [1.54, 1.807) is 18.2 Å². The maximum Gasteiger partial charge on any atom is 0.340 e. The second kappa shape index (κ2) is 4.55. The highest BCUT2D eigenvalue weighted by atomic mass is 79.9. The zero-order valence-corrected chi connectivity index (χ0v) is 11.3. The van der Waals surface area contributed by atoms with Crippen LogP contribution in [-0.2, 0) is 0 Å². The molecule has 0 aliphatic rings. The summed E-state index contributed by atoms with van der Waals surface area (Å²) in [4.78, 5) is 11.5. The maximum atomic E-state index is 11.5. The smallest absolute Gasteiger partial charge is 0.340 e. The van der Waals surface area contributed by atoms with Gasteiger partial charge in [-0.3, -0.25) is 0 Å². The molecular weight excluding hydrogens is 308 g/mol. The van der Waals surface area contributed by atoms with Crippen LogP contribution in [0.1, 0.15) is 10.4 Å². The molecule has 0 bridgehead atoms. The molecule has 94 valence electrons. The number of fused-ring (bicyclic) bond motifs is 1. The largest absolute Gasteiger partial charge is 0.478 e. The van der Waals surface area contributed by atoms with Crippen LogP contribution < -0.4 is 0 Å². The molecular formula is C15H9BrO3. The number of carbonyl (C=O) groups is 1. The minimum absolute atomic E-state index is 0.206. The standard InChI is InChI=1S/C15H9BrO3/c16-10-7-5-9(6-8-10)14-13(15(17)18)11-3-1-2-4-12(11)19-14/h1-8H,(H,17,18). The van der Waals surface area contributed by atoms with Crippen LogP contribution in [0, 0.1) is 0 Å². The number of hydrogen-bond donors (Lipinski definition) is 1. The molecule has 0 spiro atoms. The van der Waals surface area contributed by atoms with Crippen molar-refractivity contribution >= 4 is 32.9 Å². The Morgan fingerprint density at radius 3 is 2.42 bits per heavy atom. The fourth-order valence-corrected chi connectivity index (χ4v) is 2.33. The normalized spacial score (nSPS) is 10.8. The quantitative estimate of drug-likeness (QED) is 0.754. The van der Waals surface area contributed by atoms with Crippen molar-refractivity contribution in [2.45, 2.75) is 0 Å². The fraction of sp³-hybridized carbons (Fsp3) is 0. The van der Waals surface area contributed by atoms with E-state index < -0.39 is 5.97 Å². The van der Waals surface area contributed by atoms with Gasteiger partial charge in [-0.05, 0) is 18.2 Å². The molecule has 0 aliphatic carbocycles. The zero-order valence-electron chi connectivity index (χ0n) is 9.76. The summed E-state index contributed by atoms with van der Waals surface area (Å²) in [5, 5.41) is 10.0. The van der Waals surface area contributed by atoms with Crippen LogP contribution in [0.4, 0.5) is 0 Å². The van der Waals surface area contributed by atoms with E-state index in [0.29, 0.717) is 16.7 Å². The number of aromatic carboxylic acids is 1. The van der Waals surface area contributed by atoms with Crippen LogP contribution in [0.5, 0.6) is 0 Å². The molecule has 0 atom stereocenters. The van der Waals surface area contributed by atoms with Crippen LogP contribution in [0.3, 0.4) is 0 Å². The number of carboxylic acids is 1. The lowest BCUT2D eigenvalue weighted by molar-refractivity contribution is 0.0699. The van der Waals surface area contributed by atoms with Crippen molar-refractivity contribution in [3.8, 4) is 11.3 Å². The summed E-state index contributed by atoms with van der Waals surface area (Å²) in [6.45, 7) is 0. The Labute approximate surface area is 117 Å². The first kappa shape index (κ1) is 12.0. The highest BCUT2D eigenvalue weighted by molar-refractivity contribution is 9.10. The summed E-state index contributed by atoms with van der Waals surface area (Å²) in [6, 6.07) is 14.5. The van der Waals surface area contributed by atoms with Crippen LogP contribution in [0.25, 0.3) is 22.3 Å². The molecule has 3 rings (SSSR count). The van der Waals surface area contributed by atoms with E-state index in [-0.39, 0.29) is 5.56 Å². The molecule has 0 fully saturated rings. The number of halogens is 1. The van der Waals surface area contributed by atoms with E-state index in [4.69, 9.17) is 4.42 Å². The lowest BCUT2D eigenvalue weighted by Gasteiger charge is -1.99. The number of rotatable bonds is 2. The Kier molecular flexibility index (Phi) is 2.87. The van der Waals surface area contributed by atoms with Crippen molar-refractivity contribution in [2.75, 3.05) is 0 Å². The van der Waals surface area contributed by atoms with Crippen LogP contribution in [-0.4, -0.2) is 11.1 Å². The van der Waals surface area contributed by atoms with Gasteiger partial charge in [0.1, 0.15) is 16.9 Å². The number of para-hydroxylation sites is 1. The highest BCUT2D eigenvalue weighted by Gasteiger charge is 2.20. The van der Waals surface area contributed by atoms with Gasteiger partial charge in [0.2, 0.25) is 0 Å². The molecule has 1 N–H and O–H groups in total. The Bertz CT molecular complexity index is 757. The Balaban J connectivity index is 2.31. The predicted molar refractivity (Wildman–Crippen MR) is 76.3 cm³/mol. The first-order valence-corrected chi connectivity index (χ1v) is 6.47. The van der Waals surface area contributed by atoms with Gasteiger partial charge >= 0.3 is 5.97 Å². The SMILES string of the molecule is O=C(O)c1c(-c2ccc(Br)cc2)oc2ccccc12. The summed E-state index contributed by atoms with van der Waals surface area (Å²) < 4.78 is 6.62. The molecule has 3 nitrogen and oxygen atoms in total. The minimum atomic E-state index is -0.983. The molecule has 0 aliphatic heterocycles. The van der Waals surface area contributed by atoms with E-state index in [0.717, 1.165) is 10.0 Å². The van der Waals surface area contributed by atoms with Gasteiger partial charge in [0.05, 0.1) is 0 Å². The average molecular weight is 317 g/mol. The molecule has 19 heavy (non-hydrogen) atoms. The third kappa shape index (κ3) is 2.04. The third-order valence-corrected chi connectivity index (χ3v) is 3.44. The van der Waals surface area contributed by atoms with Crippen LogP contribution in [0.15, 0.2) is 57.4 Å². The van der Waals surface area contributed by atoms with Gasteiger partial charge in [0, 0.05) is 15.4 Å². The van der Waals surface area contributed by atoms with Crippen LogP contribution >= 0.6 is 15.9 Å². The minimum Gasteiger partial charge on any atom is -0.478 e. The van der Waals surface area contributed by atoms with E-state index in [9.17, 15) is 9.90 Å². The third-order valence-electron chi connectivity index (χ3n) is 2.92. The van der Waals surface area contributed by atoms with E-state index in [1.165, 1.54) is 0 Å². The van der Waals surface area contributed by atoms with Crippen molar-refractivity contribution in [2.24, 2.45) is 0 Å². The van der Waals surface area contributed by atoms with Gasteiger partial charge in [0.15, 0.2) is 0 Å². The predicted octanol–water partition coefficient (Wildman–Crippen LogP) is 4.56. The van der Waals surface area contributed by atoms with Crippen molar-refractivity contribution in [3.63, 3.8) is 0 Å². The summed E-state index contributed by atoms with van der Waals surface area (Å²) in [7, 11) is 0. The molecule has 1 aromatic heterocycles. The molecule has 2 aromatic carbocycles. The first-order chi connectivity index (χ1) is 9.16. The van der Waals surface area contributed by atoms with Gasteiger partial charge in [-0.15, -0.1) is 0 Å². The molecule has 0 radical (unpaired) electrons. The van der Waals surface area contributed by atoms with Gasteiger partial charge in [-0.25, -0.2) is 4.79 Å². The van der Waals surface area contributed by atoms with Crippen molar-refractivity contribution in [1.29, 1.82) is 0 Å². The van der Waals surface area contributed by atoms with Gasteiger partial charge in [0.25, 0.3) is 0 Å². The Morgan fingerprint density at radius 2 is 1.74 bits per heavy atom. The van der Waals surface area contributed by atoms with E-state index in [1.807, 2.05) is 30.3 Å². The van der Waals surface area contributed by atoms with Crippen molar-refractivity contribution < 1.29 is 14.3 Å². The van der Waals surface area contributed by atoms with Crippen LogP contribution in [0.2, 0.25) is 0 Å². The summed E-state index contributed by atoms with van der Waals surface area (Å²) in [5.41, 5.74) is 1.53. The Morgan fingerprint density at radius 1 is 1.05 bits per heavy atom. The Hall–Kier alpha value is -2.07. The average Bonchev–Trinajstić information content (AvgIpc) is 2.78. The first-order valence-electron chi connectivity index (χ1n) is 5.67. The molecule has 0 saturated carbocycles. The number of carboxylic acid groups (broad SMARTS) is 1. The molecule has 3 aromatic rings. The monoisotopic (exact) mass is 316 g/mol. The number of hydrogen-bond acceptors (Lipinski definition) is 2. The van der Waals surface area contributed by atoms with Crippen molar-refractivity contribution in [1.82, 2.24) is 0 Å². The maximum absolute atomic E-state index is 11.5. The number of benzene rings is 2. The molecule has 0 unspecified atom stereocenters. The lowest BCUT2D eigenvalue weighted by Crippen LogP contribution is -1.96. The van der Waals surface area contributed by atoms with E-state index in [2.05, 4.69) is 15.9 Å². The second-order valence-corrected chi connectivity index (χ2v) is 5.03.